The molecule has 1 saturated heterocycles. The maximum absolute atomic E-state index is 13.7. The second-order valence-corrected chi connectivity index (χ2v) is 10.7. The number of ether oxygens (including phenoxy) is 6. The number of nitriles is 1. The summed E-state index contributed by atoms with van der Waals surface area (Å²) in [5, 5.41) is 9.94. The molecule has 0 amide bonds. The number of hydrogen-bond acceptors (Lipinski definition) is 11. The van der Waals surface area contributed by atoms with Crippen molar-refractivity contribution >= 4 is 23.9 Å². The smallest absolute Gasteiger partial charge is 0.338 e. The molecule has 1 aromatic rings. The standard InChI is InChI=1S/C29H27NO10/c1-26(2,3)16(12-13-30)28-18(23(32)36-5)17(22(31)35-4)21(40-28)27-14-10-8-9-11-15(14)39-29(27,28)20(25(34)38-7)19(27)24(33)37-6/h8-12,21H,1-7H3/b16-12-/t21-,27-,28+,29+/m1/s1. The van der Waals surface area contributed by atoms with E-state index in [0.717, 1.165) is 28.4 Å². The summed E-state index contributed by atoms with van der Waals surface area (Å²) in [6, 6.07) is 8.73. The van der Waals surface area contributed by atoms with Crippen molar-refractivity contribution in [2.24, 2.45) is 5.41 Å². The first kappa shape index (κ1) is 27.1. The van der Waals surface area contributed by atoms with E-state index in [9.17, 15) is 24.4 Å². The molecule has 11 nitrogen and oxygen atoms in total. The minimum atomic E-state index is -2.11. The highest BCUT2D eigenvalue weighted by atomic mass is 16.6. The SMILES string of the molecule is COC(=O)C1=C(C(=O)OC)[C@]2(/C(=C\C#N)C(C)(C)C)O[C@H]1[C@@]13C(C(=O)OC)=C(C(=O)OC)[C@@]21Oc1ccccc13. The first-order valence-corrected chi connectivity index (χ1v) is 12.3. The van der Waals surface area contributed by atoms with Crippen LogP contribution < -0.4 is 4.74 Å². The van der Waals surface area contributed by atoms with Gasteiger partial charge in [-0.3, -0.25) is 0 Å². The molecule has 0 saturated carbocycles. The molecule has 40 heavy (non-hydrogen) atoms. The van der Waals surface area contributed by atoms with Gasteiger partial charge in [-0.2, -0.15) is 5.26 Å². The van der Waals surface area contributed by atoms with Crippen molar-refractivity contribution in [1.82, 2.24) is 0 Å². The lowest BCUT2D eigenvalue weighted by atomic mass is 9.40. The van der Waals surface area contributed by atoms with Crippen LogP contribution in [0, 0.1) is 16.7 Å². The number of fused-ring (bicyclic) bond motifs is 3. The van der Waals surface area contributed by atoms with Crippen LogP contribution in [0.5, 0.6) is 5.75 Å². The Labute approximate surface area is 229 Å². The summed E-state index contributed by atoms with van der Waals surface area (Å²) in [5.41, 5.74) is -6.95. The molecule has 208 valence electrons. The van der Waals surface area contributed by atoms with E-state index in [1.165, 1.54) is 6.08 Å². The van der Waals surface area contributed by atoms with Gasteiger partial charge in [-0.15, -0.1) is 0 Å². The molecule has 0 radical (unpaired) electrons. The van der Waals surface area contributed by atoms with Gasteiger partial charge in [0.15, 0.2) is 11.2 Å². The number of benzene rings is 1. The van der Waals surface area contributed by atoms with Crippen LogP contribution in [-0.4, -0.2) is 69.6 Å². The van der Waals surface area contributed by atoms with Gasteiger partial charge >= 0.3 is 23.9 Å². The Hall–Kier alpha value is -4.43. The van der Waals surface area contributed by atoms with Gasteiger partial charge in [0.05, 0.1) is 56.8 Å². The molecule has 3 heterocycles. The Bertz CT molecular complexity index is 1540. The van der Waals surface area contributed by atoms with Crippen molar-refractivity contribution in [3.8, 4) is 11.8 Å². The Kier molecular flexibility index (Phi) is 5.79. The predicted molar refractivity (Wildman–Crippen MR) is 134 cm³/mol. The first-order chi connectivity index (χ1) is 18.9. The molecule has 1 aromatic carbocycles. The number of allylic oxidation sites excluding steroid dienone is 1. The van der Waals surface area contributed by atoms with Crippen LogP contribution in [0.2, 0.25) is 0 Å². The first-order valence-electron chi connectivity index (χ1n) is 12.3. The van der Waals surface area contributed by atoms with E-state index in [1.54, 1.807) is 45.0 Å². The van der Waals surface area contributed by atoms with Gasteiger partial charge in [-0.25, -0.2) is 19.2 Å². The number of methoxy groups -OCH3 is 4. The van der Waals surface area contributed by atoms with Crippen LogP contribution in [-0.2, 0) is 48.3 Å². The molecule has 0 spiro atoms. The molecule has 3 aliphatic heterocycles. The van der Waals surface area contributed by atoms with Gasteiger partial charge in [-0.1, -0.05) is 39.0 Å². The van der Waals surface area contributed by atoms with Crippen LogP contribution in [0.15, 0.2) is 58.2 Å². The molecular formula is C29H27NO10. The fraction of sp³-hybridized carbons (Fsp3) is 0.414. The van der Waals surface area contributed by atoms with Crippen molar-refractivity contribution in [2.75, 3.05) is 28.4 Å². The second kappa shape index (κ2) is 8.53. The third-order valence-corrected chi connectivity index (χ3v) is 8.16. The zero-order valence-electron chi connectivity index (χ0n) is 23.0. The number of carbonyl (C=O) groups is 4. The fourth-order valence-electron chi connectivity index (χ4n) is 7.03. The highest BCUT2D eigenvalue weighted by Gasteiger charge is 2.95. The van der Waals surface area contributed by atoms with Crippen molar-refractivity contribution in [2.45, 2.75) is 43.5 Å². The summed E-state index contributed by atoms with van der Waals surface area (Å²) < 4.78 is 33.9. The fourth-order valence-corrected chi connectivity index (χ4v) is 7.03. The summed E-state index contributed by atoms with van der Waals surface area (Å²) in [7, 11) is 4.55. The van der Waals surface area contributed by atoms with E-state index < -0.39 is 52.0 Å². The molecule has 5 rings (SSSR count). The summed E-state index contributed by atoms with van der Waals surface area (Å²) in [5.74, 6) is -3.42. The van der Waals surface area contributed by atoms with E-state index in [-0.39, 0.29) is 33.6 Å². The van der Waals surface area contributed by atoms with Crippen LogP contribution >= 0.6 is 0 Å². The molecule has 4 atom stereocenters. The van der Waals surface area contributed by atoms with Crippen LogP contribution in [0.4, 0.5) is 0 Å². The number of rotatable bonds is 5. The summed E-state index contributed by atoms with van der Waals surface area (Å²) >= 11 is 0. The van der Waals surface area contributed by atoms with E-state index in [1.807, 2.05) is 6.07 Å². The Morgan fingerprint density at radius 3 is 1.98 bits per heavy atom. The van der Waals surface area contributed by atoms with E-state index in [4.69, 9.17) is 28.4 Å². The van der Waals surface area contributed by atoms with Gasteiger partial charge in [0.2, 0.25) is 0 Å². The molecule has 0 unspecified atom stereocenters. The molecule has 0 N–H and O–H groups in total. The number of para-hydroxylation sites is 1. The average Bonchev–Trinajstić information content (AvgIpc) is 3.47. The molecule has 0 aromatic heterocycles. The number of esters is 4. The lowest BCUT2D eigenvalue weighted by Gasteiger charge is -2.58. The van der Waals surface area contributed by atoms with Crippen molar-refractivity contribution in [3.63, 3.8) is 0 Å². The highest BCUT2D eigenvalue weighted by molar-refractivity contribution is 6.16. The quantitative estimate of drug-likeness (QED) is 0.302. The van der Waals surface area contributed by atoms with Gasteiger partial charge in [-0.05, 0) is 17.1 Å². The van der Waals surface area contributed by atoms with Crippen molar-refractivity contribution in [1.29, 1.82) is 5.26 Å². The van der Waals surface area contributed by atoms with Crippen LogP contribution in [0.1, 0.15) is 26.3 Å². The van der Waals surface area contributed by atoms with E-state index in [0.29, 0.717) is 5.56 Å². The Morgan fingerprint density at radius 1 is 0.875 bits per heavy atom. The summed E-state index contributed by atoms with van der Waals surface area (Å²) in [6.07, 6.45) is -0.188. The zero-order chi connectivity index (χ0) is 29.4. The predicted octanol–water partition coefficient (Wildman–Crippen LogP) is 2.00. The van der Waals surface area contributed by atoms with Crippen molar-refractivity contribution in [3.05, 3.63) is 63.8 Å². The largest absolute Gasteiger partial charge is 0.477 e. The van der Waals surface area contributed by atoms with Gasteiger partial charge in [0.25, 0.3) is 0 Å². The molecule has 1 fully saturated rings. The Balaban J connectivity index is 2.08. The van der Waals surface area contributed by atoms with Crippen LogP contribution in [0.3, 0.4) is 0 Å². The van der Waals surface area contributed by atoms with Gasteiger partial charge in [0.1, 0.15) is 17.3 Å². The normalized spacial score (nSPS) is 29.4. The molecule has 1 aliphatic carbocycles. The highest BCUT2D eigenvalue weighted by Crippen LogP contribution is 2.80. The minimum absolute atomic E-state index is 0.144. The lowest BCUT2D eigenvalue weighted by Crippen LogP contribution is -2.76. The minimum Gasteiger partial charge on any atom is -0.477 e. The topological polar surface area (TPSA) is 147 Å². The number of nitrogens with zero attached hydrogens (tertiary/aromatic N) is 1. The molecular weight excluding hydrogens is 522 g/mol. The van der Waals surface area contributed by atoms with E-state index >= 15 is 0 Å². The van der Waals surface area contributed by atoms with Crippen molar-refractivity contribution < 1.29 is 47.6 Å². The maximum atomic E-state index is 13.7. The third kappa shape index (κ3) is 2.67. The number of carbonyl (C=O) groups excluding carboxylic acids is 4. The summed E-state index contributed by atoms with van der Waals surface area (Å²) in [6.45, 7) is 5.32. The Morgan fingerprint density at radius 2 is 1.43 bits per heavy atom. The number of hydrogen-bond donors (Lipinski definition) is 0. The maximum Gasteiger partial charge on any atom is 0.338 e. The molecule has 11 heteroatoms. The second-order valence-electron chi connectivity index (χ2n) is 10.7. The lowest BCUT2D eigenvalue weighted by molar-refractivity contribution is -0.150. The van der Waals surface area contributed by atoms with Crippen LogP contribution in [0.25, 0.3) is 0 Å². The summed E-state index contributed by atoms with van der Waals surface area (Å²) in [4.78, 5) is 54.2. The molecule has 2 bridgehead atoms. The van der Waals surface area contributed by atoms with Gasteiger partial charge < -0.3 is 28.4 Å². The van der Waals surface area contributed by atoms with E-state index in [2.05, 4.69) is 0 Å². The monoisotopic (exact) mass is 549 g/mol. The molecule has 4 aliphatic rings. The zero-order valence-corrected chi connectivity index (χ0v) is 23.0. The third-order valence-electron chi connectivity index (χ3n) is 8.16. The van der Waals surface area contributed by atoms with Gasteiger partial charge in [0, 0.05) is 11.6 Å². The average molecular weight is 550 g/mol.